The number of phenols is 1. The van der Waals surface area contributed by atoms with E-state index in [-0.39, 0.29) is 16.9 Å². The predicted octanol–water partition coefficient (Wildman–Crippen LogP) is 5.07. The molecule has 0 unspecified atom stereocenters. The largest absolute Gasteiger partial charge is 0.507 e. The van der Waals surface area contributed by atoms with E-state index >= 15 is 0 Å². The summed E-state index contributed by atoms with van der Waals surface area (Å²) in [6.07, 6.45) is -1.12. The number of benzene rings is 3. The van der Waals surface area contributed by atoms with Crippen molar-refractivity contribution >= 4 is 23.0 Å². The SMILES string of the molecule is N#Cc1cc(C(N)=O)ccc1O.N=Cc1ccc2c(ccn2Cc2ccc(C(F)(F)F)cc2)c1. The highest BCUT2D eigenvalue weighted by Crippen LogP contribution is 2.29. The molecule has 0 saturated heterocycles. The van der Waals surface area contributed by atoms with Gasteiger partial charge in [-0.1, -0.05) is 18.2 Å². The zero-order chi connectivity index (χ0) is 24.9. The molecule has 1 heterocycles. The van der Waals surface area contributed by atoms with Crippen molar-refractivity contribution in [1.29, 1.82) is 10.7 Å². The first kappa shape index (κ1) is 24.1. The fraction of sp³-hybridized carbons (Fsp3) is 0.0800. The van der Waals surface area contributed by atoms with Gasteiger partial charge in [-0.3, -0.25) is 4.79 Å². The number of nitriles is 1. The summed E-state index contributed by atoms with van der Waals surface area (Å²) < 4.78 is 39.6. The number of fused-ring (bicyclic) bond motifs is 1. The normalized spacial score (nSPS) is 10.8. The van der Waals surface area contributed by atoms with Crippen LogP contribution in [0.1, 0.15) is 32.6 Å². The van der Waals surface area contributed by atoms with Gasteiger partial charge >= 0.3 is 6.18 Å². The number of hydrogen-bond donors (Lipinski definition) is 3. The summed E-state index contributed by atoms with van der Waals surface area (Å²) in [5, 5.41) is 25.8. The highest BCUT2D eigenvalue weighted by atomic mass is 19.4. The zero-order valence-corrected chi connectivity index (χ0v) is 17.7. The van der Waals surface area contributed by atoms with Crippen LogP contribution in [0.15, 0.2) is 72.9 Å². The van der Waals surface area contributed by atoms with E-state index in [0.717, 1.165) is 34.2 Å². The van der Waals surface area contributed by atoms with E-state index in [0.29, 0.717) is 6.54 Å². The fourth-order valence-electron chi connectivity index (χ4n) is 3.22. The first-order valence-corrected chi connectivity index (χ1v) is 9.91. The Hall–Kier alpha value is -4.58. The van der Waals surface area contributed by atoms with Crippen LogP contribution >= 0.6 is 0 Å². The number of rotatable bonds is 4. The van der Waals surface area contributed by atoms with Crippen molar-refractivity contribution in [3.05, 3.63) is 101 Å². The quantitative estimate of drug-likeness (QED) is 0.366. The molecule has 4 rings (SSSR count). The Bertz CT molecular complexity index is 1380. The molecule has 4 aromatic rings. The molecule has 0 spiro atoms. The van der Waals surface area contributed by atoms with Crippen LogP contribution < -0.4 is 5.73 Å². The smallest absolute Gasteiger partial charge is 0.416 e. The van der Waals surface area contributed by atoms with Gasteiger partial charge in [0.1, 0.15) is 11.8 Å². The number of nitrogens with one attached hydrogen (secondary N) is 1. The highest BCUT2D eigenvalue weighted by molar-refractivity contribution is 5.93. The third kappa shape index (κ3) is 5.61. The predicted molar refractivity (Wildman–Crippen MR) is 122 cm³/mol. The lowest BCUT2D eigenvalue weighted by atomic mass is 10.1. The van der Waals surface area contributed by atoms with Crippen molar-refractivity contribution < 1.29 is 23.1 Å². The van der Waals surface area contributed by atoms with Crippen molar-refractivity contribution in [2.24, 2.45) is 5.73 Å². The van der Waals surface area contributed by atoms with Crippen molar-refractivity contribution in [3.63, 3.8) is 0 Å². The molecule has 0 saturated carbocycles. The first-order chi connectivity index (χ1) is 16.1. The molecule has 0 aliphatic rings. The standard InChI is InChI=1S/C17H13F3N2.C8H6N2O2/c18-17(19,20)15-4-1-12(2-5-15)11-22-8-7-14-9-13(10-21)3-6-16(14)22;9-4-6-3-5(8(10)12)1-2-7(6)11/h1-10,21H,11H2;1-3,11H,(H2,10,12). The molecule has 4 N–H and O–H groups in total. The lowest BCUT2D eigenvalue weighted by molar-refractivity contribution is -0.137. The maximum atomic E-state index is 12.6. The highest BCUT2D eigenvalue weighted by Gasteiger charge is 2.29. The van der Waals surface area contributed by atoms with Crippen molar-refractivity contribution in [1.82, 2.24) is 4.57 Å². The monoisotopic (exact) mass is 464 g/mol. The zero-order valence-electron chi connectivity index (χ0n) is 17.7. The van der Waals surface area contributed by atoms with Crippen LogP contribution in [-0.2, 0) is 12.7 Å². The van der Waals surface area contributed by atoms with E-state index in [1.165, 1.54) is 36.5 Å². The summed E-state index contributed by atoms with van der Waals surface area (Å²) in [6, 6.07) is 18.4. The van der Waals surface area contributed by atoms with Crippen LogP contribution in [0.4, 0.5) is 13.2 Å². The maximum Gasteiger partial charge on any atom is 0.416 e. The van der Waals surface area contributed by atoms with Crippen LogP contribution in [0.2, 0.25) is 0 Å². The summed E-state index contributed by atoms with van der Waals surface area (Å²) in [6.45, 7) is 0.506. The number of nitrogens with two attached hydrogens (primary N) is 1. The molecule has 1 aromatic heterocycles. The minimum Gasteiger partial charge on any atom is -0.507 e. The molecule has 0 fully saturated rings. The average Bonchev–Trinajstić information content (AvgIpc) is 3.21. The molecule has 34 heavy (non-hydrogen) atoms. The van der Waals surface area contributed by atoms with E-state index in [4.69, 9.17) is 21.5 Å². The van der Waals surface area contributed by atoms with E-state index < -0.39 is 17.6 Å². The Morgan fingerprint density at radius 3 is 2.38 bits per heavy atom. The Morgan fingerprint density at radius 2 is 1.79 bits per heavy atom. The summed E-state index contributed by atoms with van der Waals surface area (Å²) in [5.41, 5.74) is 7.20. The number of halogens is 3. The van der Waals surface area contributed by atoms with E-state index in [9.17, 15) is 18.0 Å². The van der Waals surface area contributed by atoms with Gasteiger partial charge in [0.15, 0.2) is 0 Å². The Labute approximate surface area is 192 Å². The molecule has 0 atom stereocenters. The molecular formula is C25H19F3N4O2. The van der Waals surface area contributed by atoms with Gasteiger partial charge in [-0.25, -0.2) is 0 Å². The number of phenolic OH excluding ortho intramolecular Hbond substituents is 1. The first-order valence-electron chi connectivity index (χ1n) is 9.91. The molecule has 172 valence electrons. The van der Waals surface area contributed by atoms with Gasteiger partial charge < -0.3 is 20.8 Å². The number of primary amides is 1. The summed E-state index contributed by atoms with van der Waals surface area (Å²) in [4.78, 5) is 10.6. The van der Waals surface area contributed by atoms with Crippen LogP contribution in [0.3, 0.4) is 0 Å². The molecule has 0 radical (unpaired) electrons. The number of alkyl halides is 3. The van der Waals surface area contributed by atoms with E-state index in [1.807, 2.05) is 35.0 Å². The van der Waals surface area contributed by atoms with Gasteiger partial charge in [-0.15, -0.1) is 0 Å². The number of hydrogen-bond acceptors (Lipinski definition) is 4. The van der Waals surface area contributed by atoms with Crippen molar-refractivity contribution in [2.75, 3.05) is 0 Å². The van der Waals surface area contributed by atoms with Gasteiger partial charge in [0, 0.05) is 35.4 Å². The van der Waals surface area contributed by atoms with Crippen LogP contribution in [-0.4, -0.2) is 21.8 Å². The third-order valence-electron chi connectivity index (χ3n) is 5.00. The van der Waals surface area contributed by atoms with Crippen molar-refractivity contribution in [3.8, 4) is 11.8 Å². The fourth-order valence-corrected chi connectivity index (χ4v) is 3.22. The number of nitrogens with zero attached hydrogens (tertiary/aromatic N) is 2. The number of carbonyl (C=O) groups is 1. The molecule has 0 bridgehead atoms. The van der Waals surface area contributed by atoms with E-state index in [2.05, 4.69) is 0 Å². The molecule has 1 amide bonds. The molecular weight excluding hydrogens is 445 g/mol. The molecule has 9 heteroatoms. The van der Waals surface area contributed by atoms with Gasteiger partial charge in [-0.05, 0) is 59.7 Å². The van der Waals surface area contributed by atoms with Gasteiger partial charge in [0.05, 0.1) is 11.1 Å². The third-order valence-corrected chi connectivity index (χ3v) is 5.00. The lowest BCUT2D eigenvalue weighted by Gasteiger charge is -2.09. The van der Waals surface area contributed by atoms with Gasteiger partial charge in [-0.2, -0.15) is 18.4 Å². The second-order valence-corrected chi connectivity index (χ2v) is 7.31. The second-order valence-electron chi connectivity index (χ2n) is 7.31. The maximum absolute atomic E-state index is 12.6. The van der Waals surface area contributed by atoms with Gasteiger partial charge in [0.2, 0.25) is 5.91 Å². The topological polar surface area (TPSA) is 116 Å². The minimum atomic E-state index is -4.30. The summed E-state index contributed by atoms with van der Waals surface area (Å²) in [7, 11) is 0. The Morgan fingerprint density at radius 1 is 1.09 bits per heavy atom. The number of carbonyl (C=O) groups excluding carboxylic acids is 1. The van der Waals surface area contributed by atoms with Crippen molar-refractivity contribution in [2.45, 2.75) is 12.7 Å². The summed E-state index contributed by atoms with van der Waals surface area (Å²) in [5.74, 6) is -0.769. The summed E-state index contributed by atoms with van der Waals surface area (Å²) >= 11 is 0. The molecule has 6 nitrogen and oxygen atoms in total. The number of aromatic nitrogens is 1. The number of amides is 1. The molecule has 0 aliphatic carbocycles. The van der Waals surface area contributed by atoms with Crippen LogP contribution in [0, 0.1) is 16.7 Å². The minimum absolute atomic E-state index is 0.0475. The molecule has 0 aliphatic heterocycles. The second kappa shape index (κ2) is 9.92. The Balaban J connectivity index is 0.000000229. The van der Waals surface area contributed by atoms with Crippen LogP contribution in [0.5, 0.6) is 5.75 Å². The number of aromatic hydroxyl groups is 1. The van der Waals surface area contributed by atoms with Crippen LogP contribution in [0.25, 0.3) is 10.9 Å². The van der Waals surface area contributed by atoms with Gasteiger partial charge in [0.25, 0.3) is 0 Å². The molecule has 3 aromatic carbocycles. The Kier molecular flexibility index (Phi) is 7.02. The average molecular weight is 464 g/mol. The van der Waals surface area contributed by atoms with E-state index in [1.54, 1.807) is 6.07 Å². The lowest BCUT2D eigenvalue weighted by Crippen LogP contribution is -2.10.